The molecule has 2 bridgehead atoms. The Hall–Kier alpha value is -3.70. The second kappa shape index (κ2) is 9.55. The molecule has 1 N–H and O–H groups in total. The lowest BCUT2D eigenvalue weighted by molar-refractivity contribution is -0.137. The normalized spacial score (nSPS) is 22.0. The van der Waals surface area contributed by atoms with Gasteiger partial charge in [-0.3, -0.25) is 9.88 Å². The predicted octanol–water partition coefficient (Wildman–Crippen LogP) is 5.10. The lowest BCUT2D eigenvalue weighted by atomic mass is 9.92. The highest BCUT2D eigenvalue weighted by atomic mass is 19.4. The maximum absolute atomic E-state index is 12.8. The smallest absolute Gasteiger partial charge is 0.417 e. The third kappa shape index (κ3) is 4.91. The van der Waals surface area contributed by atoms with E-state index >= 15 is 0 Å². The summed E-state index contributed by atoms with van der Waals surface area (Å²) in [6, 6.07) is 10.8. The van der Waals surface area contributed by atoms with Gasteiger partial charge >= 0.3 is 6.18 Å². The molecule has 0 aromatic carbocycles. The van der Waals surface area contributed by atoms with Crippen LogP contribution >= 0.6 is 0 Å². The maximum Gasteiger partial charge on any atom is 0.417 e. The van der Waals surface area contributed by atoms with Gasteiger partial charge in [-0.15, -0.1) is 0 Å². The molecule has 6 heterocycles. The molecule has 198 valence electrons. The molecule has 4 aromatic heterocycles. The number of aromatic nitrogens is 4. The van der Waals surface area contributed by atoms with E-state index < -0.39 is 11.7 Å². The van der Waals surface area contributed by atoms with Crippen molar-refractivity contribution in [3.05, 3.63) is 66.2 Å². The number of aryl methyl sites for hydroxylation is 1. The number of hydrogen-bond acceptors (Lipinski definition) is 7. The van der Waals surface area contributed by atoms with Crippen LogP contribution in [0.15, 0.2) is 55.0 Å². The van der Waals surface area contributed by atoms with Gasteiger partial charge < -0.3 is 14.8 Å². The van der Waals surface area contributed by atoms with Crippen LogP contribution in [0.25, 0.3) is 16.6 Å². The first-order valence-corrected chi connectivity index (χ1v) is 12.5. The van der Waals surface area contributed by atoms with Gasteiger partial charge in [0.15, 0.2) is 5.82 Å². The number of likely N-dealkylation sites (N-methyl/N-ethyl adjacent to an activating group) is 1. The summed E-state index contributed by atoms with van der Waals surface area (Å²) in [5.41, 5.74) is 2.78. The predicted molar refractivity (Wildman–Crippen MR) is 135 cm³/mol. The molecule has 11 heteroatoms. The van der Waals surface area contributed by atoms with Crippen LogP contribution in [0.4, 0.5) is 24.8 Å². The number of fused-ring (bicyclic) bond motifs is 3. The van der Waals surface area contributed by atoms with Gasteiger partial charge in [-0.05, 0) is 49.9 Å². The Morgan fingerprint density at radius 2 is 1.79 bits per heavy atom. The number of hydrogen-bond donors (Lipinski definition) is 1. The van der Waals surface area contributed by atoms with Crippen molar-refractivity contribution < 1.29 is 22.6 Å². The topological polar surface area (TPSA) is 76.8 Å². The minimum atomic E-state index is -4.43. The van der Waals surface area contributed by atoms with Crippen molar-refractivity contribution in [2.75, 3.05) is 25.6 Å². The minimum absolute atomic E-state index is 0.0825. The van der Waals surface area contributed by atoms with Gasteiger partial charge in [-0.2, -0.15) is 18.3 Å². The zero-order chi connectivity index (χ0) is 26.4. The van der Waals surface area contributed by atoms with E-state index in [0.717, 1.165) is 66.4 Å². The van der Waals surface area contributed by atoms with E-state index in [0.29, 0.717) is 17.9 Å². The van der Waals surface area contributed by atoms with Crippen molar-refractivity contribution in [1.29, 1.82) is 0 Å². The van der Waals surface area contributed by atoms with Crippen LogP contribution in [0.3, 0.4) is 0 Å². The molecule has 6 rings (SSSR count). The van der Waals surface area contributed by atoms with Crippen molar-refractivity contribution in [2.24, 2.45) is 0 Å². The van der Waals surface area contributed by atoms with Crippen LogP contribution in [-0.4, -0.2) is 62.9 Å². The summed E-state index contributed by atoms with van der Waals surface area (Å²) in [6.07, 6.45) is 1.88. The minimum Gasteiger partial charge on any atom is -0.488 e. The molecule has 0 saturated carbocycles. The molecule has 0 aliphatic carbocycles. The summed E-state index contributed by atoms with van der Waals surface area (Å²) in [4.78, 5) is 10.8. The molecule has 2 aliphatic rings. The van der Waals surface area contributed by atoms with E-state index in [1.165, 1.54) is 6.07 Å². The number of nitrogens with one attached hydrogen (secondary N) is 1. The van der Waals surface area contributed by atoms with Gasteiger partial charge in [0.25, 0.3) is 0 Å². The SMILES string of the molecule is Cc1cc(-c2ccn3nc(Nc4ccc(C(F)(F)F)cn4)cc3c2)c(O[C@H]2C[C@H]3COC[C@@H](C2)N3C)cn1. The van der Waals surface area contributed by atoms with Crippen molar-refractivity contribution in [3.63, 3.8) is 0 Å². The average molecular weight is 525 g/mol. The number of piperidine rings is 1. The number of alkyl halides is 3. The molecule has 0 spiro atoms. The maximum atomic E-state index is 12.8. The van der Waals surface area contributed by atoms with Gasteiger partial charge in [-0.25, -0.2) is 9.50 Å². The van der Waals surface area contributed by atoms with E-state index in [1.54, 1.807) is 10.7 Å². The summed E-state index contributed by atoms with van der Waals surface area (Å²) in [5.74, 6) is 1.48. The van der Waals surface area contributed by atoms with Crippen LogP contribution in [-0.2, 0) is 10.9 Å². The quantitative estimate of drug-likeness (QED) is 0.389. The number of morpholine rings is 1. The molecule has 3 atom stereocenters. The molecule has 2 aliphatic heterocycles. The van der Waals surface area contributed by atoms with Crippen LogP contribution < -0.4 is 10.1 Å². The summed E-state index contributed by atoms with van der Waals surface area (Å²) >= 11 is 0. The molecule has 8 nitrogen and oxygen atoms in total. The Kier molecular flexibility index (Phi) is 6.19. The van der Waals surface area contributed by atoms with Crippen molar-refractivity contribution in [3.8, 4) is 16.9 Å². The van der Waals surface area contributed by atoms with Crippen LogP contribution in [0.2, 0.25) is 0 Å². The standard InChI is InChI=1S/C27H27F3N6O2/c1-16-7-23(24(13-31-16)38-22-9-20-14-37-15-21(10-22)35(20)2)17-5-6-36-19(8-17)11-26(34-36)33-25-4-3-18(12-32-25)27(28,29)30/h3-8,11-13,20-22H,9-10,14-15H2,1-2H3,(H,32,33,34)/t20-,21+,22-. The number of ether oxygens (including phenoxy) is 2. The number of rotatable bonds is 5. The Morgan fingerprint density at radius 1 is 1.00 bits per heavy atom. The Balaban J connectivity index is 1.24. The van der Waals surface area contributed by atoms with Crippen LogP contribution in [0.5, 0.6) is 5.75 Å². The third-order valence-corrected chi connectivity index (χ3v) is 7.26. The zero-order valence-electron chi connectivity index (χ0n) is 20.9. The lowest BCUT2D eigenvalue weighted by Gasteiger charge is -2.46. The van der Waals surface area contributed by atoms with E-state index in [4.69, 9.17) is 9.47 Å². The molecule has 0 amide bonds. The molecular formula is C27H27F3N6O2. The highest BCUT2D eigenvalue weighted by molar-refractivity contribution is 5.75. The number of nitrogens with zero attached hydrogens (tertiary/aromatic N) is 5. The summed E-state index contributed by atoms with van der Waals surface area (Å²) in [6.45, 7) is 3.39. The Labute approximate surface area is 217 Å². The molecule has 0 unspecified atom stereocenters. The van der Waals surface area contributed by atoms with Gasteiger partial charge in [0.1, 0.15) is 17.7 Å². The van der Waals surface area contributed by atoms with Gasteiger partial charge in [-0.1, -0.05) is 0 Å². The molecule has 38 heavy (non-hydrogen) atoms. The number of pyridine rings is 3. The van der Waals surface area contributed by atoms with E-state index in [-0.39, 0.29) is 11.9 Å². The van der Waals surface area contributed by atoms with E-state index in [9.17, 15) is 13.2 Å². The molecule has 0 radical (unpaired) electrons. The van der Waals surface area contributed by atoms with Gasteiger partial charge in [0.05, 0.1) is 30.5 Å². The van der Waals surface area contributed by atoms with Crippen molar-refractivity contribution >= 4 is 17.2 Å². The van der Waals surface area contributed by atoms with E-state index in [2.05, 4.69) is 32.3 Å². The van der Waals surface area contributed by atoms with E-state index in [1.807, 2.05) is 37.4 Å². The number of anilines is 2. The fourth-order valence-corrected chi connectivity index (χ4v) is 5.18. The second-order valence-corrected chi connectivity index (χ2v) is 9.91. The monoisotopic (exact) mass is 524 g/mol. The van der Waals surface area contributed by atoms with Gasteiger partial charge in [0.2, 0.25) is 0 Å². The molecule has 2 saturated heterocycles. The first kappa shape index (κ1) is 24.6. The molecule has 2 fully saturated rings. The highest BCUT2D eigenvalue weighted by Gasteiger charge is 2.38. The largest absolute Gasteiger partial charge is 0.488 e. The Bertz CT molecular complexity index is 1440. The first-order valence-electron chi connectivity index (χ1n) is 12.5. The molecular weight excluding hydrogens is 497 g/mol. The van der Waals surface area contributed by atoms with Crippen LogP contribution in [0, 0.1) is 6.92 Å². The highest BCUT2D eigenvalue weighted by Crippen LogP contribution is 2.35. The van der Waals surface area contributed by atoms with Crippen LogP contribution in [0.1, 0.15) is 24.1 Å². The van der Waals surface area contributed by atoms with Crippen molar-refractivity contribution in [2.45, 2.75) is 44.1 Å². The fourth-order valence-electron chi connectivity index (χ4n) is 5.18. The summed E-state index contributed by atoms with van der Waals surface area (Å²) < 4.78 is 52.4. The summed E-state index contributed by atoms with van der Waals surface area (Å²) in [5, 5.41) is 7.44. The second-order valence-electron chi connectivity index (χ2n) is 9.91. The lowest BCUT2D eigenvalue weighted by Crippen LogP contribution is -2.57. The third-order valence-electron chi connectivity index (χ3n) is 7.26. The average Bonchev–Trinajstić information content (AvgIpc) is 3.27. The number of halogens is 3. The van der Waals surface area contributed by atoms with Gasteiger partial charge in [0, 0.05) is 54.6 Å². The Morgan fingerprint density at radius 3 is 2.50 bits per heavy atom. The molecule has 4 aromatic rings. The first-order chi connectivity index (χ1) is 18.2. The van der Waals surface area contributed by atoms with Crippen molar-refractivity contribution in [1.82, 2.24) is 24.5 Å². The summed E-state index contributed by atoms with van der Waals surface area (Å²) in [7, 11) is 2.16. The fraction of sp³-hybridized carbons (Fsp3) is 0.370. The zero-order valence-corrected chi connectivity index (χ0v) is 20.9.